The second-order valence-electron chi connectivity index (χ2n) is 5.09. The molecule has 150 valence electrons. The van der Waals surface area contributed by atoms with Crippen molar-refractivity contribution in [2.75, 3.05) is 19.0 Å². The summed E-state index contributed by atoms with van der Waals surface area (Å²) in [5.41, 5.74) is 0.0727. The van der Waals surface area contributed by atoms with E-state index in [4.69, 9.17) is 9.47 Å². The highest BCUT2D eigenvalue weighted by Crippen LogP contribution is 2.22. The molecule has 0 radical (unpaired) electrons. The van der Waals surface area contributed by atoms with E-state index in [0.29, 0.717) is 0 Å². The molecule has 0 aliphatic heterocycles. The number of sulfonamides is 1. The van der Waals surface area contributed by atoms with Gasteiger partial charge in [-0.3, -0.25) is 5.32 Å². The monoisotopic (exact) mass is 521 g/mol. The first kappa shape index (κ1) is 21.7. The number of carbonyl (C=O) groups excluding carboxylic acids is 2. The number of anilines is 1. The summed E-state index contributed by atoms with van der Waals surface area (Å²) in [6.45, 7) is 3.32. The lowest BCUT2D eigenvalue weighted by Gasteiger charge is -2.11. The normalized spacial score (nSPS) is 10.9. The Bertz CT molecular complexity index is 1010. The van der Waals surface area contributed by atoms with E-state index in [-0.39, 0.29) is 38.4 Å². The number of ether oxygens (including phenoxy) is 2. The fourth-order valence-electron chi connectivity index (χ4n) is 1.99. The molecular formula is C15H16IN5O6S. The molecule has 1 aromatic carbocycles. The number of amides is 2. The minimum atomic E-state index is -4.29. The molecule has 0 unspecified atom stereocenters. The number of benzene rings is 1. The van der Waals surface area contributed by atoms with Crippen LogP contribution in [0, 0.1) is 10.5 Å². The maximum Gasteiger partial charge on any atom is 0.339 e. The molecule has 11 nitrogen and oxygen atoms in total. The Balaban J connectivity index is 2.24. The van der Waals surface area contributed by atoms with Crippen molar-refractivity contribution in [3.05, 3.63) is 33.2 Å². The van der Waals surface area contributed by atoms with Gasteiger partial charge in [-0.15, -0.1) is 0 Å². The van der Waals surface area contributed by atoms with Gasteiger partial charge in [0.2, 0.25) is 5.95 Å². The Morgan fingerprint density at radius 3 is 2.57 bits per heavy atom. The number of hydrogen-bond donors (Lipinski definition) is 2. The number of nitrogens with zero attached hydrogens (tertiary/aromatic N) is 3. The first-order valence-electron chi connectivity index (χ1n) is 7.74. The van der Waals surface area contributed by atoms with E-state index in [1.807, 2.05) is 4.72 Å². The third-order valence-corrected chi connectivity index (χ3v) is 6.01. The van der Waals surface area contributed by atoms with Gasteiger partial charge in [-0.25, -0.2) is 22.7 Å². The third-order valence-electron chi connectivity index (χ3n) is 3.11. The van der Waals surface area contributed by atoms with Crippen LogP contribution in [0.5, 0.6) is 6.01 Å². The topological polar surface area (TPSA) is 149 Å². The lowest BCUT2D eigenvalue weighted by atomic mass is 10.2. The van der Waals surface area contributed by atoms with Crippen molar-refractivity contribution in [1.82, 2.24) is 19.7 Å². The predicted octanol–water partition coefficient (Wildman–Crippen LogP) is 1.48. The Hall–Kier alpha value is -2.55. The highest BCUT2D eigenvalue weighted by molar-refractivity contribution is 14.1. The Labute approximate surface area is 174 Å². The summed E-state index contributed by atoms with van der Waals surface area (Å²) in [5, 5.41) is 2.19. The minimum Gasteiger partial charge on any atom is -0.467 e. The molecule has 0 saturated heterocycles. The molecule has 2 amide bonds. The van der Waals surface area contributed by atoms with Crippen molar-refractivity contribution >= 4 is 50.6 Å². The molecule has 0 saturated carbocycles. The summed E-state index contributed by atoms with van der Waals surface area (Å²) in [7, 11) is -2.95. The van der Waals surface area contributed by atoms with Gasteiger partial charge in [-0.1, -0.05) is 6.07 Å². The van der Waals surface area contributed by atoms with Crippen LogP contribution in [-0.2, 0) is 14.8 Å². The molecule has 2 N–H and O–H groups in total. The summed E-state index contributed by atoms with van der Waals surface area (Å²) in [6, 6.07) is 2.93. The highest BCUT2D eigenvalue weighted by Gasteiger charge is 2.25. The summed E-state index contributed by atoms with van der Waals surface area (Å²) in [5.74, 6) is -0.588. The zero-order valence-electron chi connectivity index (χ0n) is 15.0. The lowest BCUT2D eigenvalue weighted by Crippen LogP contribution is -2.35. The van der Waals surface area contributed by atoms with Crippen molar-refractivity contribution < 1.29 is 27.5 Å². The van der Waals surface area contributed by atoms with Gasteiger partial charge in [0, 0.05) is 3.57 Å². The molecule has 28 heavy (non-hydrogen) atoms. The Morgan fingerprint density at radius 2 is 1.93 bits per heavy atom. The number of aryl methyl sites for hydroxylation is 1. The van der Waals surface area contributed by atoms with E-state index >= 15 is 0 Å². The summed E-state index contributed by atoms with van der Waals surface area (Å²) in [6.07, 6.45) is 0. The van der Waals surface area contributed by atoms with Crippen LogP contribution < -0.4 is 14.8 Å². The molecule has 0 aliphatic carbocycles. The quantitative estimate of drug-likeness (QED) is 0.426. The van der Waals surface area contributed by atoms with Crippen LogP contribution >= 0.6 is 22.6 Å². The molecule has 1 aromatic heterocycles. The van der Waals surface area contributed by atoms with Crippen molar-refractivity contribution in [2.24, 2.45) is 0 Å². The second kappa shape index (κ2) is 9.09. The van der Waals surface area contributed by atoms with Crippen LogP contribution in [0.2, 0.25) is 0 Å². The highest BCUT2D eigenvalue weighted by atomic mass is 127. The molecule has 0 aliphatic rings. The first-order chi connectivity index (χ1) is 13.2. The van der Waals surface area contributed by atoms with Crippen LogP contribution in [0.4, 0.5) is 10.7 Å². The summed E-state index contributed by atoms with van der Waals surface area (Å²) in [4.78, 5) is 35.3. The van der Waals surface area contributed by atoms with E-state index in [0.717, 1.165) is 0 Å². The standard InChI is InChI=1S/C15H16IN5O6S/c1-4-27-12(22)9-6-5-7-10(11(9)16)28(24,25)21-14(23)19-13-17-8(2)18-15(20-13)26-3/h5-7H,4H2,1-3H3,(H2,17,18,19,20,21,23). The third kappa shape index (κ3) is 5.25. The van der Waals surface area contributed by atoms with Gasteiger partial charge in [0.15, 0.2) is 0 Å². The van der Waals surface area contributed by atoms with E-state index in [1.54, 1.807) is 36.4 Å². The van der Waals surface area contributed by atoms with Gasteiger partial charge < -0.3 is 9.47 Å². The number of methoxy groups -OCH3 is 1. The molecular weight excluding hydrogens is 505 g/mol. The zero-order valence-corrected chi connectivity index (χ0v) is 18.0. The average molecular weight is 521 g/mol. The number of urea groups is 1. The van der Waals surface area contributed by atoms with E-state index in [2.05, 4.69) is 20.3 Å². The molecule has 1 heterocycles. The minimum absolute atomic E-state index is 0.0395. The molecule has 0 bridgehead atoms. The largest absolute Gasteiger partial charge is 0.467 e. The number of carbonyl (C=O) groups is 2. The van der Waals surface area contributed by atoms with Crippen LogP contribution in [0.25, 0.3) is 0 Å². The summed E-state index contributed by atoms with van der Waals surface area (Å²) < 4.78 is 36.9. The van der Waals surface area contributed by atoms with E-state index in [1.165, 1.54) is 25.3 Å². The van der Waals surface area contributed by atoms with Gasteiger partial charge in [-0.05, 0) is 48.6 Å². The maximum absolute atomic E-state index is 12.6. The molecule has 0 spiro atoms. The van der Waals surface area contributed by atoms with E-state index < -0.39 is 22.0 Å². The number of halogens is 1. The number of aromatic nitrogens is 3. The van der Waals surface area contributed by atoms with Gasteiger partial charge in [-0.2, -0.15) is 15.0 Å². The second-order valence-corrected chi connectivity index (χ2v) is 7.82. The first-order valence-corrected chi connectivity index (χ1v) is 10.3. The van der Waals surface area contributed by atoms with Crippen molar-refractivity contribution in [3.63, 3.8) is 0 Å². The lowest BCUT2D eigenvalue weighted by molar-refractivity contribution is 0.0524. The van der Waals surface area contributed by atoms with Crippen LogP contribution in [-0.4, -0.2) is 49.1 Å². The molecule has 2 rings (SSSR count). The zero-order chi connectivity index (χ0) is 20.9. The fraction of sp³-hybridized carbons (Fsp3) is 0.267. The van der Waals surface area contributed by atoms with Gasteiger partial charge >= 0.3 is 18.0 Å². The fourth-order valence-corrected chi connectivity index (χ4v) is 4.45. The maximum atomic E-state index is 12.6. The Kier molecular flexibility index (Phi) is 7.06. The predicted molar refractivity (Wildman–Crippen MR) is 106 cm³/mol. The van der Waals surface area contributed by atoms with Gasteiger partial charge in [0.25, 0.3) is 10.0 Å². The molecule has 2 aromatic rings. The molecule has 0 atom stereocenters. The smallest absolute Gasteiger partial charge is 0.339 e. The van der Waals surface area contributed by atoms with Crippen LogP contribution in [0.15, 0.2) is 23.1 Å². The number of rotatable bonds is 6. The van der Waals surface area contributed by atoms with Crippen molar-refractivity contribution in [2.45, 2.75) is 18.7 Å². The number of hydrogen-bond acceptors (Lipinski definition) is 9. The number of nitrogens with one attached hydrogen (secondary N) is 2. The van der Waals surface area contributed by atoms with E-state index in [9.17, 15) is 18.0 Å². The Morgan fingerprint density at radius 1 is 1.21 bits per heavy atom. The number of esters is 1. The molecule has 13 heteroatoms. The van der Waals surface area contributed by atoms with Crippen LogP contribution in [0.3, 0.4) is 0 Å². The van der Waals surface area contributed by atoms with Crippen molar-refractivity contribution in [1.29, 1.82) is 0 Å². The SMILES string of the molecule is CCOC(=O)c1cccc(S(=O)(=O)NC(=O)Nc2nc(C)nc(OC)n2)c1I. The van der Waals surface area contributed by atoms with Crippen LogP contribution in [0.1, 0.15) is 23.1 Å². The molecule has 0 fully saturated rings. The van der Waals surface area contributed by atoms with Gasteiger partial charge in [0.05, 0.1) is 19.3 Å². The average Bonchev–Trinajstić information content (AvgIpc) is 2.60. The van der Waals surface area contributed by atoms with Crippen molar-refractivity contribution in [3.8, 4) is 6.01 Å². The van der Waals surface area contributed by atoms with Gasteiger partial charge in [0.1, 0.15) is 10.7 Å². The summed E-state index contributed by atoms with van der Waals surface area (Å²) >= 11 is 1.70.